The first-order valence-electron chi connectivity index (χ1n) is 8.27. The van der Waals surface area contributed by atoms with Crippen molar-refractivity contribution in [1.82, 2.24) is 15.1 Å². The summed E-state index contributed by atoms with van der Waals surface area (Å²) in [5.74, 6) is 0.871. The molecule has 2 rings (SSSR count). The molecule has 0 atom stereocenters. The van der Waals surface area contributed by atoms with E-state index in [0.717, 1.165) is 25.4 Å². The molecule has 0 bridgehead atoms. The Balaban J connectivity index is 1.85. The molecule has 118 valence electrons. The van der Waals surface area contributed by atoms with E-state index >= 15 is 0 Å². The van der Waals surface area contributed by atoms with E-state index in [0.29, 0.717) is 0 Å². The summed E-state index contributed by atoms with van der Waals surface area (Å²) in [4.78, 5) is 4.96. The standard InChI is InChI=1S/C18H31N3/c1-19-11-8-17-6-4-5-7-18(17)15-21(3)14-16-9-12-20(2)13-10-16/h4-7,16,19H,8-15H2,1-3H3. The summed E-state index contributed by atoms with van der Waals surface area (Å²) in [6.07, 6.45) is 3.82. The second-order valence-electron chi connectivity index (χ2n) is 6.57. The Morgan fingerprint density at radius 2 is 1.86 bits per heavy atom. The van der Waals surface area contributed by atoms with Gasteiger partial charge in [-0.25, -0.2) is 0 Å². The van der Waals surface area contributed by atoms with Crippen LogP contribution in [0.3, 0.4) is 0 Å². The lowest BCUT2D eigenvalue weighted by Crippen LogP contribution is -2.35. The minimum absolute atomic E-state index is 0.871. The molecular weight excluding hydrogens is 258 g/mol. The van der Waals surface area contributed by atoms with Gasteiger partial charge < -0.3 is 15.1 Å². The van der Waals surface area contributed by atoms with E-state index in [1.165, 1.54) is 43.6 Å². The maximum Gasteiger partial charge on any atom is 0.0233 e. The number of piperidine rings is 1. The Morgan fingerprint density at radius 1 is 1.19 bits per heavy atom. The predicted octanol–water partition coefficient (Wildman–Crippen LogP) is 2.22. The van der Waals surface area contributed by atoms with Crippen molar-refractivity contribution < 1.29 is 0 Å². The van der Waals surface area contributed by atoms with Crippen LogP contribution in [0, 0.1) is 5.92 Å². The molecule has 0 aromatic heterocycles. The Hall–Kier alpha value is -0.900. The largest absolute Gasteiger partial charge is 0.319 e. The molecule has 1 aromatic rings. The lowest BCUT2D eigenvalue weighted by Gasteiger charge is -2.32. The fourth-order valence-corrected chi connectivity index (χ4v) is 3.26. The molecule has 0 saturated carbocycles. The summed E-state index contributed by atoms with van der Waals surface area (Å²) < 4.78 is 0. The Labute approximate surface area is 130 Å². The third kappa shape index (κ3) is 5.42. The summed E-state index contributed by atoms with van der Waals surface area (Å²) in [5, 5.41) is 3.25. The van der Waals surface area contributed by atoms with Gasteiger partial charge >= 0.3 is 0 Å². The first kappa shape index (κ1) is 16.5. The van der Waals surface area contributed by atoms with Crippen molar-refractivity contribution in [2.75, 3.05) is 47.3 Å². The number of likely N-dealkylation sites (tertiary alicyclic amines) is 1. The average molecular weight is 289 g/mol. The van der Waals surface area contributed by atoms with Crippen molar-refractivity contribution in [3.63, 3.8) is 0 Å². The van der Waals surface area contributed by atoms with Gasteiger partial charge in [0.25, 0.3) is 0 Å². The molecular formula is C18H31N3. The Morgan fingerprint density at radius 3 is 2.52 bits per heavy atom. The van der Waals surface area contributed by atoms with Crippen LogP contribution in [0.5, 0.6) is 0 Å². The molecule has 21 heavy (non-hydrogen) atoms. The number of hydrogen-bond acceptors (Lipinski definition) is 3. The minimum atomic E-state index is 0.871. The zero-order valence-corrected chi connectivity index (χ0v) is 13.9. The summed E-state index contributed by atoms with van der Waals surface area (Å²) >= 11 is 0. The molecule has 1 heterocycles. The van der Waals surface area contributed by atoms with Crippen LogP contribution in [0.15, 0.2) is 24.3 Å². The summed E-state index contributed by atoms with van der Waals surface area (Å²) in [6, 6.07) is 8.89. The van der Waals surface area contributed by atoms with Crippen molar-refractivity contribution in [2.24, 2.45) is 5.92 Å². The molecule has 1 aliphatic heterocycles. The van der Waals surface area contributed by atoms with Gasteiger partial charge in [-0.15, -0.1) is 0 Å². The van der Waals surface area contributed by atoms with Crippen LogP contribution in [0.2, 0.25) is 0 Å². The van der Waals surface area contributed by atoms with Gasteiger partial charge in [-0.1, -0.05) is 24.3 Å². The molecule has 1 saturated heterocycles. The number of nitrogens with zero attached hydrogens (tertiary/aromatic N) is 2. The fraction of sp³-hybridized carbons (Fsp3) is 0.667. The van der Waals surface area contributed by atoms with E-state index in [9.17, 15) is 0 Å². The van der Waals surface area contributed by atoms with Gasteiger partial charge in [0, 0.05) is 13.1 Å². The highest BCUT2D eigenvalue weighted by Crippen LogP contribution is 2.18. The molecule has 0 radical (unpaired) electrons. The van der Waals surface area contributed by atoms with E-state index in [-0.39, 0.29) is 0 Å². The molecule has 0 aliphatic carbocycles. The quantitative estimate of drug-likeness (QED) is 0.830. The van der Waals surface area contributed by atoms with E-state index in [1.807, 2.05) is 7.05 Å². The topological polar surface area (TPSA) is 18.5 Å². The third-order valence-corrected chi connectivity index (χ3v) is 4.61. The van der Waals surface area contributed by atoms with Crippen LogP contribution in [-0.4, -0.2) is 57.1 Å². The maximum absolute atomic E-state index is 3.25. The highest BCUT2D eigenvalue weighted by atomic mass is 15.1. The predicted molar refractivity (Wildman–Crippen MR) is 90.6 cm³/mol. The van der Waals surface area contributed by atoms with Gasteiger partial charge in [0.05, 0.1) is 0 Å². The van der Waals surface area contributed by atoms with Crippen molar-refractivity contribution in [3.8, 4) is 0 Å². The zero-order chi connectivity index (χ0) is 15.1. The normalized spacial score (nSPS) is 17.5. The maximum atomic E-state index is 3.25. The second kappa shape index (κ2) is 8.52. The number of rotatable bonds is 7. The van der Waals surface area contributed by atoms with Crippen LogP contribution in [-0.2, 0) is 13.0 Å². The Bertz CT molecular complexity index is 411. The zero-order valence-electron chi connectivity index (χ0n) is 13.9. The summed E-state index contributed by atoms with van der Waals surface area (Å²) in [6.45, 7) is 5.88. The highest BCUT2D eigenvalue weighted by molar-refractivity contribution is 5.27. The monoisotopic (exact) mass is 289 g/mol. The van der Waals surface area contributed by atoms with Crippen LogP contribution >= 0.6 is 0 Å². The second-order valence-corrected chi connectivity index (χ2v) is 6.57. The summed E-state index contributed by atoms with van der Waals surface area (Å²) in [5.41, 5.74) is 2.98. The van der Waals surface area contributed by atoms with Crippen molar-refractivity contribution in [1.29, 1.82) is 0 Å². The van der Waals surface area contributed by atoms with Gasteiger partial charge in [0.1, 0.15) is 0 Å². The highest BCUT2D eigenvalue weighted by Gasteiger charge is 2.18. The molecule has 0 unspecified atom stereocenters. The van der Waals surface area contributed by atoms with E-state index in [2.05, 4.69) is 53.5 Å². The van der Waals surface area contributed by atoms with Gasteiger partial charge in [-0.2, -0.15) is 0 Å². The van der Waals surface area contributed by atoms with E-state index < -0.39 is 0 Å². The van der Waals surface area contributed by atoms with Crippen LogP contribution in [0.1, 0.15) is 24.0 Å². The molecule has 1 aromatic carbocycles. The number of likely N-dealkylation sites (N-methyl/N-ethyl adjacent to an activating group) is 1. The van der Waals surface area contributed by atoms with Crippen molar-refractivity contribution in [2.45, 2.75) is 25.8 Å². The van der Waals surface area contributed by atoms with Crippen molar-refractivity contribution >= 4 is 0 Å². The smallest absolute Gasteiger partial charge is 0.0233 e. The van der Waals surface area contributed by atoms with Gasteiger partial charge in [0.2, 0.25) is 0 Å². The first-order valence-corrected chi connectivity index (χ1v) is 8.27. The molecule has 1 N–H and O–H groups in total. The van der Waals surface area contributed by atoms with E-state index in [4.69, 9.17) is 0 Å². The molecule has 3 heteroatoms. The average Bonchev–Trinajstić information content (AvgIpc) is 2.49. The van der Waals surface area contributed by atoms with Gasteiger partial charge in [0.15, 0.2) is 0 Å². The fourth-order valence-electron chi connectivity index (χ4n) is 3.26. The number of hydrogen-bond donors (Lipinski definition) is 1. The third-order valence-electron chi connectivity index (χ3n) is 4.61. The minimum Gasteiger partial charge on any atom is -0.319 e. The number of nitrogens with one attached hydrogen (secondary N) is 1. The van der Waals surface area contributed by atoms with Crippen molar-refractivity contribution in [3.05, 3.63) is 35.4 Å². The number of benzene rings is 1. The van der Waals surface area contributed by atoms with Gasteiger partial charge in [-0.3, -0.25) is 0 Å². The van der Waals surface area contributed by atoms with Crippen LogP contribution < -0.4 is 5.32 Å². The summed E-state index contributed by atoms with van der Waals surface area (Å²) in [7, 11) is 6.53. The SMILES string of the molecule is CNCCc1ccccc1CN(C)CC1CCN(C)CC1. The Kier molecular flexibility index (Phi) is 6.68. The molecule has 0 amide bonds. The van der Waals surface area contributed by atoms with Gasteiger partial charge in [-0.05, 0) is 77.1 Å². The molecule has 1 aliphatic rings. The molecule has 0 spiro atoms. The molecule has 1 fully saturated rings. The van der Waals surface area contributed by atoms with Crippen LogP contribution in [0.4, 0.5) is 0 Å². The molecule has 3 nitrogen and oxygen atoms in total. The first-order chi connectivity index (χ1) is 10.2. The van der Waals surface area contributed by atoms with Crippen LogP contribution in [0.25, 0.3) is 0 Å². The lowest BCUT2D eigenvalue weighted by atomic mass is 9.96. The van der Waals surface area contributed by atoms with E-state index in [1.54, 1.807) is 0 Å². The lowest BCUT2D eigenvalue weighted by molar-refractivity contribution is 0.173.